The molecule has 0 spiro atoms. The summed E-state index contributed by atoms with van der Waals surface area (Å²) in [4.78, 5) is 11.6. The summed E-state index contributed by atoms with van der Waals surface area (Å²) in [6.45, 7) is 6.17. The predicted molar refractivity (Wildman–Crippen MR) is 102 cm³/mol. The van der Waals surface area contributed by atoms with Crippen LogP contribution in [0.4, 0.5) is 5.69 Å². The summed E-state index contributed by atoms with van der Waals surface area (Å²) >= 11 is 0. The Morgan fingerprint density at radius 3 is 2.26 bits per heavy atom. The number of ether oxygens (including phenoxy) is 3. The maximum atomic E-state index is 12.8. The van der Waals surface area contributed by atoms with E-state index in [2.05, 4.69) is 9.46 Å². The molecule has 0 saturated heterocycles. The van der Waals surface area contributed by atoms with Gasteiger partial charge in [0.1, 0.15) is 0 Å². The third-order valence-electron chi connectivity index (χ3n) is 3.72. The molecule has 8 heteroatoms. The number of carbonyl (C=O) groups is 1. The molecule has 0 unspecified atom stereocenters. The van der Waals surface area contributed by atoms with E-state index >= 15 is 0 Å². The highest BCUT2D eigenvalue weighted by Gasteiger charge is 2.19. The van der Waals surface area contributed by atoms with Crippen molar-refractivity contribution in [3.05, 3.63) is 47.5 Å². The third-order valence-corrected chi connectivity index (χ3v) is 5.08. The lowest BCUT2D eigenvalue weighted by Crippen LogP contribution is -2.14. The van der Waals surface area contributed by atoms with Crippen LogP contribution in [0.15, 0.2) is 41.3 Å². The van der Waals surface area contributed by atoms with E-state index in [-0.39, 0.29) is 4.90 Å². The average molecular weight is 393 g/mol. The molecule has 0 aliphatic heterocycles. The Bertz CT molecular complexity index is 924. The van der Waals surface area contributed by atoms with Gasteiger partial charge in [0.15, 0.2) is 11.5 Å². The van der Waals surface area contributed by atoms with Gasteiger partial charge in [0.25, 0.3) is 10.0 Å². The molecule has 0 atom stereocenters. The van der Waals surface area contributed by atoms with Crippen molar-refractivity contribution < 1.29 is 27.4 Å². The lowest BCUT2D eigenvalue weighted by atomic mass is 10.1. The van der Waals surface area contributed by atoms with E-state index in [1.54, 1.807) is 26.0 Å². The summed E-state index contributed by atoms with van der Waals surface area (Å²) in [7, 11) is -2.56. The highest BCUT2D eigenvalue weighted by molar-refractivity contribution is 7.92. The topological polar surface area (TPSA) is 90.9 Å². The van der Waals surface area contributed by atoms with Crippen LogP contribution in [-0.4, -0.2) is 34.7 Å². The molecule has 0 saturated carbocycles. The van der Waals surface area contributed by atoms with E-state index < -0.39 is 16.0 Å². The van der Waals surface area contributed by atoms with Gasteiger partial charge in [-0.15, -0.1) is 0 Å². The molecule has 0 aliphatic rings. The standard InChI is InChI=1S/C19H23NO6S/c1-5-25-17-10-8-15(12-18(17)26-6-2)27(22,23)20-16-9-7-14(11-13(16)3)19(21)24-4/h7-12,20H,5-6H2,1-4H3. The van der Waals surface area contributed by atoms with Gasteiger partial charge in [-0.2, -0.15) is 0 Å². The lowest BCUT2D eigenvalue weighted by molar-refractivity contribution is 0.0600. The van der Waals surface area contributed by atoms with E-state index in [9.17, 15) is 13.2 Å². The fourth-order valence-electron chi connectivity index (χ4n) is 2.43. The molecular formula is C19H23NO6S. The highest BCUT2D eigenvalue weighted by atomic mass is 32.2. The summed E-state index contributed by atoms with van der Waals surface area (Å²) in [6, 6.07) is 9.03. The van der Waals surface area contributed by atoms with E-state index in [0.717, 1.165) is 0 Å². The van der Waals surface area contributed by atoms with Crippen molar-refractivity contribution in [3.8, 4) is 11.5 Å². The normalized spacial score (nSPS) is 11.0. The molecule has 0 aromatic heterocycles. The smallest absolute Gasteiger partial charge is 0.337 e. The highest BCUT2D eigenvalue weighted by Crippen LogP contribution is 2.31. The number of carbonyl (C=O) groups excluding carboxylic acids is 1. The van der Waals surface area contributed by atoms with Crippen LogP contribution in [0.1, 0.15) is 29.8 Å². The first-order valence-electron chi connectivity index (χ1n) is 8.43. The molecular weight excluding hydrogens is 370 g/mol. The molecule has 2 rings (SSSR count). The minimum absolute atomic E-state index is 0.0471. The zero-order chi connectivity index (χ0) is 20.0. The Kier molecular flexibility index (Phi) is 6.68. The van der Waals surface area contributed by atoms with Crippen molar-refractivity contribution in [2.45, 2.75) is 25.7 Å². The van der Waals surface area contributed by atoms with E-state index in [1.807, 2.05) is 6.92 Å². The van der Waals surface area contributed by atoms with Crippen LogP contribution in [0, 0.1) is 6.92 Å². The van der Waals surface area contributed by atoms with Crippen LogP contribution >= 0.6 is 0 Å². The molecule has 27 heavy (non-hydrogen) atoms. The van der Waals surface area contributed by atoms with Crippen molar-refractivity contribution in [1.82, 2.24) is 0 Å². The predicted octanol–water partition coefficient (Wildman–Crippen LogP) is 3.38. The molecule has 2 aromatic carbocycles. The van der Waals surface area contributed by atoms with Gasteiger partial charge in [0, 0.05) is 6.07 Å². The van der Waals surface area contributed by atoms with E-state index in [4.69, 9.17) is 9.47 Å². The SMILES string of the molecule is CCOc1ccc(S(=O)(=O)Nc2ccc(C(=O)OC)cc2C)cc1OCC. The van der Waals surface area contributed by atoms with Crippen molar-refractivity contribution in [3.63, 3.8) is 0 Å². The average Bonchev–Trinajstić information content (AvgIpc) is 2.64. The molecule has 0 aliphatic carbocycles. The molecule has 0 heterocycles. The Morgan fingerprint density at radius 1 is 1.00 bits per heavy atom. The van der Waals surface area contributed by atoms with E-state index in [0.29, 0.717) is 41.5 Å². The van der Waals surface area contributed by atoms with E-state index in [1.165, 1.54) is 31.4 Å². The first-order chi connectivity index (χ1) is 12.8. The van der Waals surface area contributed by atoms with Gasteiger partial charge in [-0.05, 0) is 56.7 Å². The van der Waals surface area contributed by atoms with Crippen LogP contribution in [0.3, 0.4) is 0 Å². The third kappa shape index (κ3) is 4.91. The first kappa shape index (κ1) is 20.6. The molecule has 0 fully saturated rings. The second kappa shape index (κ2) is 8.77. The largest absolute Gasteiger partial charge is 0.490 e. The van der Waals surface area contributed by atoms with Gasteiger partial charge in [-0.3, -0.25) is 4.72 Å². The summed E-state index contributed by atoms with van der Waals surface area (Å²) in [5.74, 6) is 0.359. The van der Waals surface area contributed by atoms with Crippen LogP contribution < -0.4 is 14.2 Å². The van der Waals surface area contributed by atoms with Gasteiger partial charge in [0.05, 0.1) is 36.5 Å². The van der Waals surface area contributed by atoms with Crippen LogP contribution in [-0.2, 0) is 14.8 Å². The number of hydrogen-bond acceptors (Lipinski definition) is 6. The Hall–Kier alpha value is -2.74. The van der Waals surface area contributed by atoms with Gasteiger partial charge < -0.3 is 14.2 Å². The number of nitrogens with one attached hydrogen (secondary N) is 1. The number of rotatable bonds is 8. The zero-order valence-electron chi connectivity index (χ0n) is 15.7. The summed E-state index contributed by atoms with van der Waals surface area (Å²) in [6.07, 6.45) is 0. The van der Waals surface area contributed by atoms with Gasteiger partial charge >= 0.3 is 5.97 Å². The quantitative estimate of drug-likeness (QED) is 0.692. The van der Waals surface area contributed by atoms with Gasteiger partial charge in [-0.25, -0.2) is 13.2 Å². The maximum absolute atomic E-state index is 12.8. The monoisotopic (exact) mass is 393 g/mol. The number of methoxy groups -OCH3 is 1. The molecule has 146 valence electrons. The summed E-state index contributed by atoms with van der Waals surface area (Å²) in [5.41, 5.74) is 1.31. The number of aryl methyl sites for hydroxylation is 1. The van der Waals surface area contributed by atoms with Crippen molar-refractivity contribution in [2.24, 2.45) is 0 Å². The first-order valence-corrected chi connectivity index (χ1v) is 9.92. The van der Waals surface area contributed by atoms with Crippen LogP contribution in [0.2, 0.25) is 0 Å². The molecule has 2 aromatic rings. The fraction of sp³-hybridized carbons (Fsp3) is 0.316. The Labute approximate surface area is 159 Å². The minimum atomic E-state index is -3.85. The molecule has 1 N–H and O–H groups in total. The summed E-state index contributed by atoms with van der Waals surface area (Å²) in [5, 5.41) is 0. The Balaban J connectivity index is 2.33. The van der Waals surface area contributed by atoms with Gasteiger partial charge in [0.2, 0.25) is 0 Å². The van der Waals surface area contributed by atoms with Crippen molar-refractivity contribution in [2.75, 3.05) is 25.0 Å². The maximum Gasteiger partial charge on any atom is 0.337 e. The minimum Gasteiger partial charge on any atom is -0.490 e. The Morgan fingerprint density at radius 2 is 1.67 bits per heavy atom. The fourth-order valence-corrected chi connectivity index (χ4v) is 3.57. The zero-order valence-corrected chi connectivity index (χ0v) is 16.6. The molecule has 0 bridgehead atoms. The van der Waals surface area contributed by atoms with Crippen molar-refractivity contribution in [1.29, 1.82) is 0 Å². The molecule has 0 radical (unpaired) electrons. The number of sulfonamides is 1. The van der Waals surface area contributed by atoms with Crippen LogP contribution in [0.5, 0.6) is 11.5 Å². The second-order valence-electron chi connectivity index (χ2n) is 5.60. The number of esters is 1. The second-order valence-corrected chi connectivity index (χ2v) is 7.28. The lowest BCUT2D eigenvalue weighted by Gasteiger charge is -2.14. The van der Waals surface area contributed by atoms with Crippen LogP contribution in [0.25, 0.3) is 0 Å². The van der Waals surface area contributed by atoms with Gasteiger partial charge in [-0.1, -0.05) is 0 Å². The summed E-state index contributed by atoms with van der Waals surface area (Å²) < 4.78 is 43.6. The number of benzene rings is 2. The molecule has 7 nitrogen and oxygen atoms in total. The number of hydrogen-bond donors (Lipinski definition) is 1. The molecule has 0 amide bonds. The number of anilines is 1. The van der Waals surface area contributed by atoms with Crippen molar-refractivity contribution >= 4 is 21.7 Å².